The number of rotatable bonds is 6. The van der Waals surface area contributed by atoms with E-state index in [9.17, 15) is 9.59 Å². The highest BCUT2D eigenvalue weighted by atomic mass is 35.5. The highest BCUT2D eigenvalue weighted by molar-refractivity contribution is 6.30. The Morgan fingerprint density at radius 1 is 1.33 bits per heavy atom. The minimum Gasteiger partial charge on any atom is -0.480 e. The zero-order valence-corrected chi connectivity index (χ0v) is 17.1. The maximum atomic E-state index is 12.6. The average molecular weight is 396 g/mol. The van der Waals surface area contributed by atoms with Crippen molar-refractivity contribution in [1.29, 1.82) is 0 Å². The molecule has 1 fully saturated rings. The monoisotopic (exact) mass is 395 g/mol. The van der Waals surface area contributed by atoms with Crippen molar-refractivity contribution in [3.8, 4) is 0 Å². The number of amides is 2. The summed E-state index contributed by atoms with van der Waals surface area (Å²) in [6.07, 6.45) is 2.57. The van der Waals surface area contributed by atoms with E-state index in [0.717, 1.165) is 24.8 Å². The Morgan fingerprint density at radius 2 is 2.07 bits per heavy atom. The number of carboxylic acids is 1. The molecule has 1 aliphatic rings. The van der Waals surface area contributed by atoms with Gasteiger partial charge >= 0.3 is 12.0 Å². The van der Waals surface area contributed by atoms with Crippen LogP contribution in [0.4, 0.5) is 4.79 Å². The molecule has 2 amide bonds. The van der Waals surface area contributed by atoms with Gasteiger partial charge in [0.1, 0.15) is 0 Å². The third kappa shape index (κ3) is 6.40. The number of carbonyl (C=O) groups excluding carboxylic acids is 1. The van der Waals surface area contributed by atoms with Crippen molar-refractivity contribution in [1.82, 2.24) is 15.1 Å². The minimum atomic E-state index is -0.820. The molecule has 1 saturated heterocycles. The first kappa shape index (κ1) is 21.5. The summed E-state index contributed by atoms with van der Waals surface area (Å²) in [5.41, 5.74) is 0.859. The molecule has 27 heavy (non-hydrogen) atoms. The van der Waals surface area contributed by atoms with E-state index in [1.807, 2.05) is 41.1 Å². The van der Waals surface area contributed by atoms with E-state index in [1.165, 1.54) is 0 Å². The van der Waals surface area contributed by atoms with Crippen LogP contribution in [0.5, 0.6) is 0 Å². The molecular weight excluding hydrogens is 366 g/mol. The highest BCUT2D eigenvalue weighted by Gasteiger charge is 2.26. The molecule has 0 spiro atoms. The van der Waals surface area contributed by atoms with Crippen LogP contribution >= 0.6 is 11.6 Å². The number of likely N-dealkylation sites (tertiary alicyclic amines) is 1. The number of hydrogen-bond donors (Lipinski definition) is 2. The molecule has 7 heteroatoms. The van der Waals surface area contributed by atoms with Crippen molar-refractivity contribution >= 4 is 23.6 Å². The van der Waals surface area contributed by atoms with E-state index in [0.29, 0.717) is 24.7 Å². The zero-order chi connectivity index (χ0) is 20.0. The Balaban J connectivity index is 1.88. The maximum Gasteiger partial charge on any atom is 0.317 e. The Labute approximate surface area is 166 Å². The predicted molar refractivity (Wildman–Crippen MR) is 107 cm³/mol. The molecule has 2 rings (SSSR count). The Kier molecular flexibility index (Phi) is 7.50. The number of nitrogens with one attached hydrogen (secondary N) is 1. The molecule has 0 radical (unpaired) electrons. The van der Waals surface area contributed by atoms with Gasteiger partial charge in [0.2, 0.25) is 0 Å². The summed E-state index contributed by atoms with van der Waals surface area (Å²) in [5, 5.41) is 12.7. The normalized spacial score (nSPS) is 18.3. The molecule has 2 N–H and O–H groups in total. The summed E-state index contributed by atoms with van der Waals surface area (Å²) >= 11 is 6.09. The number of nitrogens with zero attached hydrogens (tertiary/aromatic N) is 2. The maximum absolute atomic E-state index is 12.6. The number of likely N-dealkylation sites (N-methyl/N-ethyl adjacent to an activating group) is 1. The molecule has 0 bridgehead atoms. The molecular formula is C20H30ClN3O3. The van der Waals surface area contributed by atoms with Crippen molar-refractivity contribution in [2.75, 3.05) is 33.2 Å². The summed E-state index contributed by atoms with van der Waals surface area (Å²) in [6, 6.07) is 7.85. The third-order valence-corrected chi connectivity index (χ3v) is 5.52. The molecule has 1 aromatic carbocycles. The van der Waals surface area contributed by atoms with Crippen molar-refractivity contribution in [3.63, 3.8) is 0 Å². The second-order valence-electron chi connectivity index (χ2n) is 7.93. The van der Waals surface area contributed by atoms with Crippen LogP contribution < -0.4 is 5.32 Å². The first-order chi connectivity index (χ1) is 12.7. The van der Waals surface area contributed by atoms with Crippen LogP contribution in [0.15, 0.2) is 24.3 Å². The molecule has 1 aromatic rings. The lowest BCUT2D eigenvalue weighted by atomic mass is 9.84. The zero-order valence-electron chi connectivity index (χ0n) is 16.4. The second kappa shape index (κ2) is 9.42. The summed E-state index contributed by atoms with van der Waals surface area (Å²) in [4.78, 5) is 27.2. The lowest BCUT2D eigenvalue weighted by Crippen LogP contribution is -2.45. The summed E-state index contributed by atoms with van der Waals surface area (Å²) in [6.45, 7) is 6.05. The van der Waals surface area contributed by atoms with Gasteiger partial charge in [-0.3, -0.25) is 9.69 Å². The molecule has 1 heterocycles. The number of aliphatic carboxylic acids is 1. The third-order valence-electron chi connectivity index (χ3n) is 5.28. The van der Waals surface area contributed by atoms with E-state index >= 15 is 0 Å². The Hall–Kier alpha value is -1.79. The molecule has 1 unspecified atom stereocenters. The SMILES string of the molecule is CN(CC(=O)O)C1CCCN(C(=O)NCC(C)(C)c2cccc(Cl)c2)CC1. The summed E-state index contributed by atoms with van der Waals surface area (Å²) in [5.74, 6) is -0.820. The van der Waals surface area contributed by atoms with E-state index in [1.54, 1.807) is 0 Å². The van der Waals surface area contributed by atoms with Crippen LogP contribution in [0, 0.1) is 0 Å². The number of halogens is 1. The fourth-order valence-corrected chi connectivity index (χ4v) is 3.68. The fraction of sp³-hybridized carbons (Fsp3) is 0.600. The van der Waals surface area contributed by atoms with Gasteiger partial charge in [-0.25, -0.2) is 4.79 Å². The van der Waals surface area contributed by atoms with Gasteiger partial charge in [0.05, 0.1) is 6.54 Å². The second-order valence-corrected chi connectivity index (χ2v) is 8.37. The molecule has 6 nitrogen and oxygen atoms in total. The van der Waals surface area contributed by atoms with Gasteiger partial charge in [-0.05, 0) is 44.0 Å². The molecule has 0 aromatic heterocycles. The van der Waals surface area contributed by atoms with Gasteiger partial charge in [-0.2, -0.15) is 0 Å². The topological polar surface area (TPSA) is 72.9 Å². The van der Waals surface area contributed by atoms with Gasteiger partial charge in [-0.1, -0.05) is 37.6 Å². The first-order valence-corrected chi connectivity index (χ1v) is 9.78. The van der Waals surface area contributed by atoms with Crippen LogP contribution in [-0.4, -0.2) is 66.2 Å². The van der Waals surface area contributed by atoms with Gasteiger partial charge in [-0.15, -0.1) is 0 Å². The van der Waals surface area contributed by atoms with Crippen molar-refractivity contribution in [2.24, 2.45) is 0 Å². The molecule has 1 atom stereocenters. The van der Waals surface area contributed by atoms with Crippen molar-refractivity contribution in [2.45, 2.75) is 44.6 Å². The fourth-order valence-electron chi connectivity index (χ4n) is 3.48. The van der Waals surface area contributed by atoms with Crippen molar-refractivity contribution < 1.29 is 14.7 Å². The van der Waals surface area contributed by atoms with E-state index < -0.39 is 5.97 Å². The lowest BCUT2D eigenvalue weighted by molar-refractivity contribution is -0.138. The number of urea groups is 1. The van der Waals surface area contributed by atoms with Gasteiger partial charge in [0.15, 0.2) is 0 Å². The van der Waals surface area contributed by atoms with Gasteiger partial charge < -0.3 is 15.3 Å². The lowest BCUT2D eigenvalue weighted by Gasteiger charge is -2.29. The van der Waals surface area contributed by atoms with Crippen molar-refractivity contribution in [3.05, 3.63) is 34.9 Å². The Bertz CT molecular complexity index is 666. The van der Waals surface area contributed by atoms with E-state index in [4.69, 9.17) is 16.7 Å². The summed E-state index contributed by atoms with van der Waals surface area (Å²) in [7, 11) is 1.84. The smallest absolute Gasteiger partial charge is 0.317 e. The number of carbonyl (C=O) groups is 2. The summed E-state index contributed by atoms with van der Waals surface area (Å²) < 4.78 is 0. The largest absolute Gasteiger partial charge is 0.480 e. The minimum absolute atomic E-state index is 0.0324. The number of hydrogen-bond acceptors (Lipinski definition) is 3. The number of carboxylic acid groups (broad SMARTS) is 1. The Morgan fingerprint density at radius 3 is 2.74 bits per heavy atom. The standard InChI is InChI=1S/C20H30ClN3O3/c1-20(2,15-6-4-7-16(21)12-15)14-22-19(27)24-10-5-8-17(9-11-24)23(3)13-18(25)26/h4,6-7,12,17H,5,8-11,13-14H2,1-3H3,(H,22,27)(H,25,26). The van der Waals surface area contributed by atoms with E-state index in [-0.39, 0.29) is 24.0 Å². The van der Waals surface area contributed by atoms with Crippen LogP contribution in [0.3, 0.4) is 0 Å². The quantitative estimate of drug-likeness (QED) is 0.775. The highest BCUT2D eigenvalue weighted by Crippen LogP contribution is 2.25. The molecule has 150 valence electrons. The van der Waals surface area contributed by atoms with Gasteiger partial charge in [0, 0.05) is 36.1 Å². The van der Waals surface area contributed by atoms with Gasteiger partial charge in [0.25, 0.3) is 0 Å². The van der Waals surface area contributed by atoms with E-state index in [2.05, 4.69) is 19.2 Å². The van der Waals surface area contributed by atoms with Crippen LogP contribution in [0.1, 0.15) is 38.7 Å². The predicted octanol–water partition coefficient (Wildman–Crippen LogP) is 3.20. The average Bonchev–Trinajstić information content (AvgIpc) is 2.85. The van der Waals surface area contributed by atoms with Crippen LogP contribution in [0.2, 0.25) is 5.02 Å². The first-order valence-electron chi connectivity index (χ1n) is 9.40. The number of benzene rings is 1. The van der Waals surface area contributed by atoms with Crippen LogP contribution in [0.25, 0.3) is 0 Å². The molecule has 0 aliphatic carbocycles. The molecule has 0 saturated carbocycles. The van der Waals surface area contributed by atoms with Crippen LogP contribution in [-0.2, 0) is 10.2 Å². The molecule has 1 aliphatic heterocycles.